The second kappa shape index (κ2) is 7.33. The quantitative estimate of drug-likeness (QED) is 0.678. The molecule has 27 heavy (non-hydrogen) atoms. The Morgan fingerprint density at radius 1 is 1.07 bits per heavy atom. The number of carbonyl (C=O) groups is 1. The van der Waals surface area contributed by atoms with Gasteiger partial charge in [0, 0.05) is 5.56 Å². The third-order valence-electron chi connectivity index (χ3n) is 4.13. The number of amides is 1. The van der Waals surface area contributed by atoms with Gasteiger partial charge in [0.25, 0.3) is 5.91 Å². The van der Waals surface area contributed by atoms with Gasteiger partial charge in [0.1, 0.15) is 12.5 Å². The zero-order chi connectivity index (χ0) is 19.6. The van der Waals surface area contributed by atoms with Crippen LogP contribution in [0.25, 0.3) is 0 Å². The van der Waals surface area contributed by atoms with Crippen molar-refractivity contribution in [1.82, 2.24) is 14.9 Å². The molecule has 2 aromatic heterocycles. The molecule has 3 rings (SSSR count). The average molecular weight is 390 g/mol. The largest absolute Gasteiger partial charge is 0.451 e. The summed E-state index contributed by atoms with van der Waals surface area (Å²) in [5, 5.41) is 5.29. The van der Waals surface area contributed by atoms with Crippen molar-refractivity contribution in [2.24, 2.45) is 5.14 Å². The number of carbonyl (C=O) groups excluding carboxylic acids is 1. The smallest absolute Gasteiger partial charge is 0.254 e. The van der Waals surface area contributed by atoms with Crippen LogP contribution in [0.4, 0.5) is 0 Å². The zero-order valence-electron chi connectivity index (χ0n) is 14.7. The second-order valence-electron chi connectivity index (χ2n) is 6.08. The van der Waals surface area contributed by atoms with Gasteiger partial charge in [-0.25, -0.2) is 23.5 Å². The van der Waals surface area contributed by atoms with Gasteiger partial charge in [0.05, 0.1) is 29.4 Å². The molecule has 0 radical (unpaired) electrons. The molecule has 0 saturated heterocycles. The SMILES string of the molecule is Cc1cc(C(=O)N(Cc2cocn2)Cc2cocn2)cc(S(N)(=O)=O)c1C. The number of primary sulfonamides is 1. The predicted octanol–water partition coefficient (Wildman–Crippen LogP) is 1.77. The zero-order valence-corrected chi connectivity index (χ0v) is 15.6. The molecule has 10 heteroatoms. The Morgan fingerprint density at radius 3 is 2.07 bits per heavy atom. The fraction of sp³-hybridized carbons (Fsp3) is 0.235. The third kappa shape index (κ3) is 4.23. The first-order valence-corrected chi connectivity index (χ1v) is 9.48. The van der Waals surface area contributed by atoms with Crippen LogP contribution >= 0.6 is 0 Å². The van der Waals surface area contributed by atoms with E-state index in [1.54, 1.807) is 19.9 Å². The van der Waals surface area contributed by atoms with Crippen molar-refractivity contribution >= 4 is 15.9 Å². The average Bonchev–Trinajstić information content (AvgIpc) is 3.28. The Balaban J connectivity index is 1.99. The van der Waals surface area contributed by atoms with E-state index in [4.69, 9.17) is 14.0 Å². The van der Waals surface area contributed by atoms with Crippen molar-refractivity contribution in [3.05, 3.63) is 65.5 Å². The highest BCUT2D eigenvalue weighted by Crippen LogP contribution is 2.22. The number of oxazole rings is 2. The molecule has 142 valence electrons. The first kappa shape index (κ1) is 18.8. The molecule has 0 unspecified atom stereocenters. The van der Waals surface area contributed by atoms with Crippen LogP contribution in [0.2, 0.25) is 0 Å². The van der Waals surface area contributed by atoms with Crippen molar-refractivity contribution in [2.45, 2.75) is 31.8 Å². The lowest BCUT2D eigenvalue weighted by atomic mass is 10.0. The highest BCUT2D eigenvalue weighted by molar-refractivity contribution is 7.89. The van der Waals surface area contributed by atoms with E-state index in [0.29, 0.717) is 22.5 Å². The number of aryl methyl sites for hydroxylation is 1. The molecule has 1 amide bonds. The standard InChI is InChI=1S/C17H18N4O5S/c1-11-3-13(4-16(12(11)2)27(18,23)24)17(22)21(5-14-7-25-9-19-14)6-15-8-26-10-20-15/h3-4,7-10H,5-6H2,1-2H3,(H2,18,23,24). The van der Waals surface area contributed by atoms with Crippen molar-refractivity contribution < 1.29 is 22.0 Å². The van der Waals surface area contributed by atoms with E-state index in [2.05, 4.69) is 9.97 Å². The van der Waals surface area contributed by atoms with Gasteiger partial charge in [0.2, 0.25) is 10.0 Å². The maximum Gasteiger partial charge on any atom is 0.254 e. The number of nitrogens with two attached hydrogens (primary N) is 1. The van der Waals surface area contributed by atoms with Crippen molar-refractivity contribution in [3.8, 4) is 0 Å². The monoisotopic (exact) mass is 390 g/mol. The molecular weight excluding hydrogens is 372 g/mol. The molecule has 9 nitrogen and oxygen atoms in total. The van der Waals surface area contributed by atoms with Gasteiger partial charge < -0.3 is 13.7 Å². The summed E-state index contributed by atoms with van der Waals surface area (Å²) in [7, 11) is -3.96. The fourth-order valence-electron chi connectivity index (χ4n) is 2.65. The number of hydrogen-bond acceptors (Lipinski definition) is 7. The lowest BCUT2D eigenvalue weighted by Crippen LogP contribution is -2.31. The van der Waals surface area contributed by atoms with Crippen LogP contribution in [0.15, 0.2) is 51.2 Å². The van der Waals surface area contributed by atoms with Crippen LogP contribution in [-0.4, -0.2) is 29.2 Å². The van der Waals surface area contributed by atoms with Crippen LogP contribution in [-0.2, 0) is 23.1 Å². The molecule has 0 bridgehead atoms. The Bertz CT molecular complexity index is 1010. The summed E-state index contributed by atoms with van der Waals surface area (Å²) in [6, 6.07) is 2.92. The molecule has 0 spiro atoms. The van der Waals surface area contributed by atoms with E-state index in [-0.39, 0.29) is 23.5 Å². The molecule has 2 heterocycles. The maximum atomic E-state index is 13.1. The molecule has 0 fully saturated rings. The van der Waals surface area contributed by atoms with Crippen LogP contribution in [0, 0.1) is 13.8 Å². The minimum absolute atomic E-state index is 0.0753. The van der Waals surface area contributed by atoms with Crippen LogP contribution < -0.4 is 5.14 Å². The highest BCUT2D eigenvalue weighted by Gasteiger charge is 2.23. The van der Waals surface area contributed by atoms with Crippen LogP contribution in [0.1, 0.15) is 32.9 Å². The number of aromatic nitrogens is 2. The predicted molar refractivity (Wildman–Crippen MR) is 93.9 cm³/mol. The van der Waals surface area contributed by atoms with Gasteiger partial charge in [0.15, 0.2) is 12.8 Å². The molecule has 0 saturated carbocycles. The highest BCUT2D eigenvalue weighted by atomic mass is 32.2. The Hall–Kier alpha value is -2.98. The second-order valence-corrected chi connectivity index (χ2v) is 7.61. The minimum atomic E-state index is -3.96. The topological polar surface area (TPSA) is 133 Å². The summed E-state index contributed by atoms with van der Waals surface area (Å²) in [6.45, 7) is 3.67. The van der Waals surface area contributed by atoms with Gasteiger partial charge in [-0.2, -0.15) is 0 Å². The summed E-state index contributed by atoms with van der Waals surface area (Å²) in [6.07, 6.45) is 5.39. The lowest BCUT2D eigenvalue weighted by Gasteiger charge is -2.21. The molecule has 1 aromatic carbocycles. The van der Waals surface area contributed by atoms with E-state index < -0.39 is 15.9 Å². The summed E-state index contributed by atoms with van der Waals surface area (Å²) < 4.78 is 33.7. The van der Waals surface area contributed by atoms with Crippen LogP contribution in [0.3, 0.4) is 0 Å². The number of nitrogens with zero attached hydrogens (tertiary/aromatic N) is 3. The van der Waals surface area contributed by atoms with Crippen molar-refractivity contribution in [1.29, 1.82) is 0 Å². The summed E-state index contributed by atoms with van der Waals surface area (Å²) in [4.78, 5) is 22.6. The first-order valence-electron chi connectivity index (χ1n) is 7.93. The Morgan fingerprint density at radius 2 is 1.63 bits per heavy atom. The molecular formula is C17H18N4O5S. The molecule has 0 aliphatic carbocycles. The first-order chi connectivity index (χ1) is 12.8. The van der Waals surface area contributed by atoms with Gasteiger partial charge in [-0.05, 0) is 37.1 Å². The van der Waals surface area contributed by atoms with Crippen LogP contribution in [0.5, 0.6) is 0 Å². The number of rotatable bonds is 6. The summed E-state index contributed by atoms with van der Waals surface area (Å²) >= 11 is 0. The lowest BCUT2D eigenvalue weighted by molar-refractivity contribution is 0.0725. The van der Waals surface area contributed by atoms with Gasteiger partial charge in [-0.3, -0.25) is 4.79 Å². The maximum absolute atomic E-state index is 13.1. The van der Waals surface area contributed by atoms with E-state index in [0.717, 1.165) is 0 Å². The minimum Gasteiger partial charge on any atom is -0.451 e. The van der Waals surface area contributed by atoms with E-state index in [9.17, 15) is 13.2 Å². The van der Waals surface area contributed by atoms with Gasteiger partial charge in [-0.1, -0.05) is 0 Å². The van der Waals surface area contributed by atoms with Gasteiger partial charge >= 0.3 is 0 Å². The number of benzene rings is 1. The normalized spacial score (nSPS) is 11.5. The Labute approximate surface area is 155 Å². The van der Waals surface area contributed by atoms with Crippen molar-refractivity contribution in [2.75, 3.05) is 0 Å². The van der Waals surface area contributed by atoms with E-state index in [1.807, 2.05) is 0 Å². The molecule has 2 N–H and O–H groups in total. The van der Waals surface area contributed by atoms with E-state index in [1.165, 1.54) is 36.3 Å². The molecule has 3 aromatic rings. The number of hydrogen-bond donors (Lipinski definition) is 1. The Kier molecular flexibility index (Phi) is 5.10. The van der Waals surface area contributed by atoms with Gasteiger partial charge in [-0.15, -0.1) is 0 Å². The summed E-state index contributed by atoms with van der Waals surface area (Å²) in [5.41, 5.74) is 2.44. The molecule has 0 atom stereocenters. The summed E-state index contributed by atoms with van der Waals surface area (Å²) in [5.74, 6) is -0.394. The molecule has 0 aliphatic rings. The number of sulfonamides is 1. The van der Waals surface area contributed by atoms with Crippen molar-refractivity contribution in [3.63, 3.8) is 0 Å². The molecule has 0 aliphatic heterocycles. The van der Waals surface area contributed by atoms with E-state index >= 15 is 0 Å². The third-order valence-corrected chi connectivity index (χ3v) is 5.17. The fourth-order valence-corrected chi connectivity index (χ4v) is 3.53.